The van der Waals surface area contributed by atoms with Crippen molar-refractivity contribution in [2.45, 2.75) is 0 Å². The lowest BCUT2D eigenvalue weighted by Gasteiger charge is -2.14. The van der Waals surface area contributed by atoms with Crippen LogP contribution in [0.5, 0.6) is 5.75 Å². The van der Waals surface area contributed by atoms with E-state index in [1.807, 2.05) is 42.5 Å². The number of nitrogens with one attached hydrogen (secondary N) is 2. The summed E-state index contributed by atoms with van der Waals surface area (Å²) in [7, 11) is 0. The average molecular weight is 430 g/mol. The average Bonchev–Trinajstić information content (AvgIpc) is 2.60. The number of phenols is 1. The van der Waals surface area contributed by atoms with E-state index >= 15 is 0 Å². The summed E-state index contributed by atoms with van der Waals surface area (Å²) < 4.78 is 0.978. The number of hydrazine groups is 1. The maximum Gasteiger partial charge on any atom is 0.269 e. The Morgan fingerprint density at radius 2 is 1.79 bits per heavy atom. The van der Waals surface area contributed by atoms with E-state index in [9.17, 15) is 9.90 Å². The van der Waals surface area contributed by atoms with Gasteiger partial charge in [-0.3, -0.25) is 15.6 Å². The van der Waals surface area contributed by atoms with Gasteiger partial charge in [-0.15, -0.1) is 0 Å². The highest BCUT2D eigenvalue weighted by molar-refractivity contribution is 14.1. The molecule has 3 aromatic rings. The highest BCUT2D eigenvalue weighted by Gasteiger charge is 2.11. The van der Waals surface area contributed by atoms with Gasteiger partial charge in [-0.05, 0) is 52.2 Å². The summed E-state index contributed by atoms with van der Waals surface area (Å²) in [6, 6.07) is 18.5. The van der Waals surface area contributed by atoms with Crippen LogP contribution in [0.15, 0.2) is 67.2 Å². The van der Waals surface area contributed by atoms with Gasteiger partial charge in [-0.25, -0.2) is 0 Å². The van der Waals surface area contributed by atoms with Crippen molar-refractivity contribution in [3.63, 3.8) is 0 Å². The molecule has 5 heteroatoms. The standard InChI is InChI=1S/C19H15IN2O2/c1-12(21-22-19(24)14-6-4-7-15(20)11-14)16-10-9-13-5-2-3-8-17(13)18(16)23/h2-11,21,23H,1H2,(H,22,24). The summed E-state index contributed by atoms with van der Waals surface area (Å²) in [6.45, 7) is 3.89. The third kappa shape index (κ3) is 3.35. The van der Waals surface area contributed by atoms with E-state index in [4.69, 9.17) is 0 Å². The van der Waals surface area contributed by atoms with E-state index < -0.39 is 0 Å². The maximum atomic E-state index is 12.1. The summed E-state index contributed by atoms with van der Waals surface area (Å²) in [5, 5.41) is 12.1. The first-order valence-electron chi connectivity index (χ1n) is 7.28. The summed E-state index contributed by atoms with van der Waals surface area (Å²) in [4.78, 5) is 12.1. The van der Waals surface area contributed by atoms with Crippen molar-refractivity contribution in [1.29, 1.82) is 0 Å². The van der Waals surface area contributed by atoms with E-state index in [0.29, 0.717) is 16.8 Å². The third-order valence-electron chi connectivity index (χ3n) is 3.64. The van der Waals surface area contributed by atoms with Crippen LogP contribution < -0.4 is 10.9 Å². The number of aromatic hydroxyl groups is 1. The van der Waals surface area contributed by atoms with Gasteiger partial charge >= 0.3 is 0 Å². The molecule has 0 radical (unpaired) electrons. The zero-order valence-electron chi connectivity index (χ0n) is 12.7. The Kier molecular flexibility index (Phi) is 4.71. The molecule has 3 N–H and O–H groups in total. The van der Waals surface area contributed by atoms with Crippen LogP contribution in [0, 0.1) is 3.57 Å². The highest BCUT2D eigenvalue weighted by atomic mass is 127. The van der Waals surface area contributed by atoms with Crippen LogP contribution in [0.1, 0.15) is 15.9 Å². The van der Waals surface area contributed by atoms with Crippen LogP contribution in [-0.2, 0) is 0 Å². The van der Waals surface area contributed by atoms with E-state index in [1.165, 1.54) is 0 Å². The van der Waals surface area contributed by atoms with Gasteiger partial charge in [0.05, 0.1) is 5.70 Å². The minimum atomic E-state index is -0.269. The molecule has 3 rings (SSSR count). The summed E-state index contributed by atoms with van der Waals surface area (Å²) in [5.74, 6) is -0.135. The van der Waals surface area contributed by atoms with Crippen molar-refractivity contribution in [3.05, 3.63) is 81.9 Å². The Labute approximate surface area is 153 Å². The molecule has 0 aliphatic rings. The Hall–Kier alpha value is -2.54. The minimum absolute atomic E-state index is 0.133. The fourth-order valence-corrected chi connectivity index (χ4v) is 2.94. The minimum Gasteiger partial charge on any atom is -0.507 e. The second-order valence-electron chi connectivity index (χ2n) is 5.25. The SMILES string of the molecule is C=C(NNC(=O)c1cccc(I)c1)c1ccc2ccccc2c1O. The van der Waals surface area contributed by atoms with E-state index in [2.05, 4.69) is 40.0 Å². The molecule has 0 fully saturated rings. The number of fused-ring (bicyclic) bond motifs is 1. The number of hydrogen-bond acceptors (Lipinski definition) is 3. The van der Waals surface area contributed by atoms with Crippen molar-refractivity contribution < 1.29 is 9.90 Å². The van der Waals surface area contributed by atoms with Gasteiger partial charge < -0.3 is 5.11 Å². The number of amides is 1. The van der Waals surface area contributed by atoms with Crippen molar-refractivity contribution in [2.24, 2.45) is 0 Å². The molecule has 0 aliphatic carbocycles. The molecule has 0 unspecified atom stereocenters. The van der Waals surface area contributed by atoms with Crippen LogP contribution >= 0.6 is 22.6 Å². The lowest BCUT2D eigenvalue weighted by Crippen LogP contribution is -2.35. The molecular weight excluding hydrogens is 415 g/mol. The number of carbonyl (C=O) groups excluding carboxylic acids is 1. The lowest BCUT2D eigenvalue weighted by atomic mass is 10.0. The van der Waals surface area contributed by atoms with E-state index in [0.717, 1.165) is 14.3 Å². The molecule has 0 atom stereocenters. The van der Waals surface area contributed by atoms with Crippen molar-refractivity contribution in [3.8, 4) is 5.75 Å². The number of carbonyl (C=O) groups is 1. The van der Waals surface area contributed by atoms with Crippen LogP contribution in [-0.4, -0.2) is 11.0 Å². The van der Waals surface area contributed by atoms with Crippen molar-refractivity contribution >= 4 is 45.0 Å². The Morgan fingerprint density at radius 3 is 2.58 bits per heavy atom. The molecule has 4 nitrogen and oxygen atoms in total. The molecule has 1 amide bonds. The molecule has 0 heterocycles. The molecule has 24 heavy (non-hydrogen) atoms. The van der Waals surface area contributed by atoms with Gasteiger partial charge in [0.15, 0.2) is 0 Å². The molecule has 0 saturated heterocycles. The van der Waals surface area contributed by atoms with Crippen molar-refractivity contribution in [1.82, 2.24) is 10.9 Å². The molecule has 3 aromatic carbocycles. The summed E-state index contributed by atoms with van der Waals surface area (Å²) >= 11 is 2.15. The second kappa shape index (κ2) is 6.92. The predicted octanol–water partition coefficient (Wildman–Crippen LogP) is 4.06. The molecule has 0 aliphatic heterocycles. The normalized spacial score (nSPS) is 10.4. The Balaban J connectivity index is 1.76. The number of hydrogen-bond donors (Lipinski definition) is 3. The van der Waals surface area contributed by atoms with Gasteiger partial charge in [0.1, 0.15) is 5.75 Å². The summed E-state index contributed by atoms with van der Waals surface area (Å²) in [5.41, 5.74) is 6.86. The predicted molar refractivity (Wildman–Crippen MR) is 104 cm³/mol. The quantitative estimate of drug-likeness (QED) is 0.432. The first-order chi connectivity index (χ1) is 11.6. The van der Waals surface area contributed by atoms with E-state index in [-0.39, 0.29) is 11.7 Å². The zero-order valence-corrected chi connectivity index (χ0v) is 14.9. The highest BCUT2D eigenvalue weighted by Crippen LogP contribution is 2.31. The van der Waals surface area contributed by atoms with Crippen molar-refractivity contribution in [2.75, 3.05) is 0 Å². The monoisotopic (exact) mass is 430 g/mol. The number of phenolic OH excluding ortho intramolecular Hbond substituents is 1. The fourth-order valence-electron chi connectivity index (χ4n) is 2.40. The lowest BCUT2D eigenvalue weighted by molar-refractivity contribution is 0.0942. The largest absolute Gasteiger partial charge is 0.507 e. The molecule has 120 valence electrons. The molecule has 0 bridgehead atoms. The summed E-state index contributed by atoms with van der Waals surface area (Å²) in [6.07, 6.45) is 0. The first-order valence-corrected chi connectivity index (χ1v) is 8.36. The van der Waals surface area contributed by atoms with Crippen LogP contribution in [0.4, 0.5) is 0 Å². The fraction of sp³-hybridized carbons (Fsp3) is 0. The van der Waals surface area contributed by atoms with Crippen LogP contribution in [0.2, 0.25) is 0 Å². The topological polar surface area (TPSA) is 61.4 Å². The van der Waals surface area contributed by atoms with Gasteiger partial charge in [0.2, 0.25) is 0 Å². The van der Waals surface area contributed by atoms with Crippen LogP contribution in [0.3, 0.4) is 0 Å². The molecular formula is C19H15IN2O2. The number of halogens is 1. The molecule has 0 saturated carbocycles. The van der Waals surface area contributed by atoms with Gasteiger partial charge in [-0.2, -0.15) is 0 Å². The van der Waals surface area contributed by atoms with E-state index in [1.54, 1.807) is 18.2 Å². The molecule has 0 spiro atoms. The third-order valence-corrected chi connectivity index (χ3v) is 4.31. The van der Waals surface area contributed by atoms with Crippen LogP contribution in [0.25, 0.3) is 16.5 Å². The second-order valence-corrected chi connectivity index (χ2v) is 6.50. The Bertz CT molecular complexity index is 938. The number of benzene rings is 3. The zero-order chi connectivity index (χ0) is 17.1. The smallest absolute Gasteiger partial charge is 0.269 e. The van der Waals surface area contributed by atoms with Gasteiger partial charge in [0, 0.05) is 20.1 Å². The maximum absolute atomic E-state index is 12.1. The number of rotatable bonds is 4. The first kappa shape index (κ1) is 16.3. The Morgan fingerprint density at radius 1 is 1.00 bits per heavy atom. The van der Waals surface area contributed by atoms with Gasteiger partial charge in [0.25, 0.3) is 5.91 Å². The molecule has 0 aromatic heterocycles. The van der Waals surface area contributed by atoms with Gasteiger partial charge in [-0.1, -0.05) is 43.0 Å².